The van der Waals surface area contributed by atoms with Gasteiger partial charge in [0.25, 0.3) is 0 Å². The number of hydrogen-bond acceptors (Lipinski definition) is 4. The van der Waals surface area contributed by atoms with E-state index in [1.807, 2.05) is 13.0 Å². The van der Waals surface area contributed by atoms with Crippen LogP contribution in [0.3, 0.4) is 0 Å². The third-order valence-electron chi connectivity index (χ3n) is 2.53. The first-order valence-electron chi connectivity index (χ1n) is 6.09. The van der Waals surface area contributed by atoms with Gasteiger partial charge in [-0.3, -0.25) is 0 Å². The molecule has 0 unspecified atom stereocenters. The first-order chi connectivity index (χ1) is 9.69. The van der Waals surface area contributed by atoms with Crippen LogP contribution >= 0.6 is 11.8 Å². The standard InChI is InChI=1S/C15H14FN3S/c1-11-6-8-18-15(19-11)20-10-13-4-5-14(16)9-12(13)3-2-7-17/h4-6,8-9H,7,10,17H2,1H3. The largest absolute Gasteiger partial charge is 0.320 e. The van der Waals surface area contributed by atoms with Gasteiger partial charge in [-0.25, -0.2) is 14.4 Å². The van der Waals surface area contributed by atoms with Crippen LogP contribution in [0.5, 0.6) is 0 Å². The summed E-state index contributed by atoms with van der Waals surface area (Å²) in [6, 6.07) is 6.44. The minimum absolute atomic E-state index is 0.254. The van der Waals surface area contributed by atoms with Crippen molar-refractivity contribution in [3.8, 4) is 11.8 Å². The van der Waals surface area contributed by atoms with E-state index in [-0.39, 0.29) is 12.4 Å². The molecule has 102 valence electrons. The van der Waals surface area contributed by atoms with E-state index < -0.39 is 0 Å². The molecule has 5 heteroatoms. The summed E-state index contributed by atoms with van der Waals surface area (Å²) in [5, 5.41) is 0.701. The van der Waals surface area contributed by atoms with Crippen molar-refractivity contribution in [3.05, 3.63) is 53.1 Å². The summed E-state index contributed by atoms with van der Waals surface area (Å²) in [6.45, 7) is 2.17. The van der Waals surface area contributed by atoms with Gasteiger partial charge < -0.3 is 5.73 Å². The number of halogens is 1. The minimum atomic E-state index is -0.299. The van der Waals surface area contributed by atoms with E-state index in [9.17, 15) is 4.39 Å². The van der Waals surface area contributed by atoms with Gasteiger partial charge >= 0.3 is 0 Å². The normalized spacial score (nSPS) is 9.95. The molecule has 0 saturated heterocycles. The van der Waals surface area contributed by atoms with Crippen LogP contribution in [0.2, 0.25) is 0 Å². The van der Waals surface area contributed by atoms with Crippen molar-refractivity contribution in [3.63, 3.8) is 0 Å². The first kappa shape index (κ1) is 14.5. The molecule has 1 aromatic carbocycles. The number of nitrogens with two attached hydrogens (primary N) is 1. The maximum absolute atomic E-state index is 13.3. The van der Waals surface area contributed by atoms with E-state index in [1.165, 1.54) is 23.9 Å². The van der Waals surface area contributed by atoms with Gasteiger partial charge in [0.15, 0.2) is 5.16 Å². The molecular weight excluding hydrogens is 273 g/mol. The zero-order valence-corrected chi connectivity index (χ0v) is 11.9. The lowest BCUT2D eigenvalue weighted by Gasteiger charge is -2.04. The topological polar surface area (TPSA) is 51.8 Å². The molecule has 3 nitrogen and oxygen atoms in total. The predicted molar refractivity (Wildman–Crippen MR) is 78.7 cm³/mol. The van der Waals surface area contributed by atoms with Crippen LogP contribution in [0.1, 0.15) is 16.8 Å². The van der Waals surface area contributed by atoms with Crippen molar-refractivity contribution in [1.82, 2.24) is 9.97 Å². The van der Waals surface area contributed by atoms with Crippen LogP contribution in [0.15, 0.2) is 35.6 Å². The van der Waals surface area contributed by atoms with Gasteiger partial charge in [0, 0.05) is 23.2 Å². The number of hydrogen-bond donors (Lipinski definition) is 1. The number of aromatic nitrogens is 2. The lowest BCUT2D eigenvalue weighted by molar-refractivity contribution is 0.627. The average molecular weight is 287 g/mol. The monoisotopic (exact) mass is 287 g/mol. The number of thioether (sulfide) groups is 1. The molecule has 0 atom stereocenters. The lowest BCUT2D eigenvalue weighted by Crippen LogP contribution is -1.95. The minimum Gasteiger partial charge on any atom is -0.320 e. The van der Waals surface area contributed by atoms with Gasteiger partial charge in [0.2, 0.25) is 0 Å². The van der Waals surface area contributed by atoms with Crippen molar-refractivity contribution < 1.29 is 4.39 Å². The molecule has 0 fully saturated rings. The fourth-order valence-electron chi connectivity index (χ4n) is 1.57. The summed E-state index contributed by atoms with van der Waals surface area (Å²) < 4.78 is 13.3. The molecule has 0 aliphatic rings. The quantitative estimate of drug-likeness (QED) is 0.535. The summed E-state index contributed by atoms with van der Waals surface area (Å²) in [7, 11) is 0. The van der Waals surface area contributed by atoms with E-state index in [0.717, 1.165) is 11.3 Å². The van der Waals surface area contributed by atoms with Crippen LogP contribution in [-0.4, -0.2) is 16.5 Å². The SMILES string of the molecule is Cc1ccnc(SCc2ccc(F)cc2C#CCN)n1. The van der Waals surface area contributed by atoms with Gasteiger partial charge in [-0.05, 0) is 30.7 Å². The molecule has 0 amide bonds. The Kier molecular flexibility index (Phi) is 5.10. The molecule has 0 aliphatic carbocycles. The van der Waals surface area contributed by atoms with E-state index >= 15 is 0 Å². The highest BCUT2D eigenvalue weighted by atomic mass is 32.2. The zero-order chi connectivity index (χ0) is 14.4. The number of benzene rings is 1. The molecule has 2 N–H and O–H groups in total. The summed E-state index contributed by atoms with van der Waals surface area (Å²) in [6.07, 6.45) is 1.73. The van der Waals surface area contributed by atoms with Crippen molar-refractivity contribution in [2.24, 2.45) is 5.73 Å². The molecule has 20 heavy (non-hydrogen) atoms. The summed E-state index contributed by atoms with van der Waals surface area (Å²) in [4.78, 5) is 8.51. The average Bonchev–Trinajstić information content (AvgIpc) is 2.44. The van der Waals surface area contributed by atoms with Crippen LogP contribution in [0.25, 0.3) is 0 Å². The fourth-order valence-corrected chi connectivity index (χ4v) is 2.46. The number of nitrogens with zero attached hydrogens (tertiary/aromatic N) is 2. The third-order valence-corrected chi connectivity index (χ3v) is 3.44. The van der Waals surface area contributed by atoms with Gasteiger partial charge in [-0.15, -0.1) is 0 Å². The van der Waals surface area contributed by atoms with Gasteiger partial charge in [-0.1, -0.05) is 29.7 Å². The Hall–Kier alpha value is -1.90. The van der Waals surface area contributed by atoms with Crippen LogP contribution in [0, 0.1) is 24.6 Å². The Morgan fingerprint density at radius 2 is 2.20 bits per heavy atom. The van der Waals surface area contributed by atoms with Crippen molar-refractivity contribution in [1.29, 1.82) is 0 Å². The van der Waals surface area contributed by atoms with Gasteiger partial charge in [0.05, 0.1) is 6.54 Å². The summed E-state index contributed by atoms with van der Waals surface area (Å²) >= 11 is 1.50. The second-order valence-corrected chi connectivity index (χ2v) is 5.02. The maximum atomic E-state index is 13.3. The smallest absolute Gasteiger partial charge is 0.188 e. The fraction of sp³-hybridized carbons (Fsp3) is 0.200. The first-order valence-corrected chi connectivity index (χ1v) is 7.07. The van der Waals surface area contributed by atoms with Crippen LogP contribution in [0.4, 0.5) is 4.39 Å². The van der Waals surface area contributed by atoms with E-state index in [2.05, 4.69) is 21.8 Å². The molecule has 0 aliphatic heterocycles. The Bertz CT molecular complexity index is 662. The molecule has 0 saturated carbocycles. The molecular formula is C15H14FN3S. The van der Waals surface area contributed by atoms with Crippen LogP contribution < -0.4 is 5.73 Å². The highest BCUT2D eigenvalue weighted by Gasteiger charge is 2.05. The Morgan fingerprint density at radius 3 is 2.95 bits per heavy atom. The van der Waals surface area contributed by atoms with E-state index in [4.69, 9.17) is 5.73 Å². The zero-order valence-electron chi connectivity index (χ0n) is 11.1. The molecule has 1 aromatic heterocycles. The molecule has 1 heterocycles. The molecule has 0 bridgehead atoms. The van der Waals surface area contributed by atoms with Gasteiger partial charge in [-0.2, -0.15) is 0 Å². The summed E-state index contributed by atoms with van der Waals surface area (Å²) in [5.74, 6) is 5.98. The van der Waals surface area contributed by atoms with E-state index in [1.54, 1.807) is 12.3 Å². The predicted octanol–water partition coefficient (Wildman–Crippen LogP) is 2.53. The highest BCUT2D eigenvalue weighted by Crippen LogP contribution is 2.22. The molecule has 2 rings (SSSR count). The molecule has 0 spiro atoms. The Labute approximate surface area is 121 Å². The highest BCUT2D eigenvalue weighted by molar-refractivity contribution is 7.98. The third kappa shape index (κ3) is 4.05. The Morgan fingerprint density at radius 1 is 1.35 bits per heavy atom. The molecule has 0 radical (unpaired) electrons. The Balaban J connectivity index is 2.16. The second-order valence-electron chi connectivity index (χ2n) is 4.08. The van der Waals surface area contributed by atoms with Crippen LogP contribution in [-0.2, 0) is 5.75 Å². The maximum Gasteiger partial charge on any atom is 0.188 e. The van der Waals surface area contributed by atoms with Gasteiger partial charge in [0.1, 0.15) is 5.82 Å². The van der Waals surface area contributed by atoms with E-state index in [0.29, 0.717) is 16.5 Å². The molecule has 2 aromatic rings. The van der Waals surface area contributed by atoms with Crippen molar-refractivity contribution in [2.75, 3.05) is 6.54 Å². The van der Waals surface area contributed by atoms with Crippen molar-refractivity contribution in [2.45, 2.75) is 17.8 Å². The number of aryl methyl sites for hydroxylation is 1. The number of rotatable bonds is 3. The lowest BCUT2D eigenvalue weighted by atomic mass is 10.1. The summed E-state index contributed by atoms with van der Waals surface area (Å²) in [5.41, 5.74) is 7.88. The van der Waals surface area contributed by atoms with Crippen molar-refractivity contribution >= 4 is 11.8 Å². The second kappa shape index (κ2) is 7.04.